The first kappa shape index (κ1) is 20.3. The fourth-order valence-electron chi connectivity index (χ4n) is 3.38. The molecule has 2 amide bonds. The highest BCUT2D eigenvalue weighted by Crippen LogP contribution is 2.16. The maximum atomic E-state index is 12.8. The van der Waals surface area contributed by atoms with Crippen molar-refractivity contribution in [1.82, 2.24) is 20.5 Å². The number of carbonyl (C=O) groups excluding carboxylic acids is 2. The Bertz CT molecular complexity index is 820. The minimum Gasteiger partial charge on any atom is -0.375 e. The van der Waals surface area contributed by atoms with E-state index < -0.39 is 6.04 Å². The number of likely N-dealkylation sites (N-methyl/N-ethyl adjacent to an activating group) is 1. The van der Waals surface area contributed by atoms with Crippen LogP contribution in [0.4, 0.5) is 5.13 Å². The zero-order valence-electron chi connectivity index (χ0n) is 16.3. The molecule has 1 aliphatic rings. The summed E-state index contributed by atoms with van der Waals surface area (Å²) in [5.41, 5.74) is 7.80. The van der Waals surface area contributed by atoms with Crippen LogP contribution >= 0.6 is 11.3 Å². The molecule has 1 fully saturated rings. The molecule has 0 bridgehead atoms. The maximum Gasteiger partial charge on any atom is 0.243 e. The number of rotatable bonds is 7. The van der Waals surface area contributed by atoms with Crippen molar-refractivity contribution in [3.05, 3.63) is 46.5 Å². The predicted octanol–water partition coefficient (Wildman–Crippen LogP) is 1.47. The van der Waals surface area contributed by atoms with Gasteiger partial charge in [-0.1, -0.05) is 29.8 Å². The molecule has 150 valence electrons. The van der Waals surface area contributed by atoms with E-state index in [1.165, 1.54) is 11.3 Å². The van der Waals surface area contributed by atoms with Crippen LogP contribution < -0.4 is 16.4 Å². The topological polar surface area (TPSA) is 100 Å². The molecule has 7 nitrogen and oxygen atoms in total. The van der Waals surface area contributed by atoms with Gasteiger partial charge in [-0.3, -0.25) is 14.5 Å². The Morgan fingerprint density at radius 1 is 1.36 bits per heavy atom. The van der Waals surface area contributed by atoms with Gasteiger partial charge in [0.25, 0.3) is 0 Å². The summed E-state index contributed by atoms with van der Waals surface area (Å²) < 4.78 is 0. The second-order valence-corrected chi connectivity index (χ2v) is 8.42. The molecule has 1 aliphatic heterocycles. The number of nitrogens with zero attached hydrogens (tertiary/aromatic N) is 2. The lowest BCUT2D eigenvalue weighted by molar-refractivity contribution is -0.131. The lowest BCUT2D eigenvalue weighted by Gasteiger charge is -2.23. The summed E-state index contributed by atoms with van der Waals surface area (Å²) in [6.07, 6.45) is 3.91. The first-order valence-corrected chi connectivity index (χ1v) is 10.3. The number of carbonyl (C=O) groups is 2. The van der Waals surface area contributed by atoms with Crippen molar-refractivity contribution in [3.8, 4) is 0 Å². The molecular formula is C20H27N5O2S. The summed E-state index contributed by atoms with van der Waals surface area (Å²) in [7, 11) is 1.94. The molecule has 0 saturated carbocycles. The number of thiazole rings is 1. The van der Waals surface area contributed by atoms with Gasteiger partial charge in [-0.25, -0.2) is 4.98 Å². The number of amides is 2. The van der Waals surface area contributed by atoms with Crippen molar-refractivity contribution in [2.75, 3.05) is 19.3 Å². The number of nitrogens with one attached hydrogen (secondary N) is 2. The molecule has 0 radical (unpaired) electrons. The van der Waals surface area contributed by atoms with Gasteiger partial charge in [0.2, 0.25) is 11.8 Å². The monoisotopic (exact) mass is 401 g/mol. The molecular weight excluding hydrogens is 374 g/mol. The Morgan fingerprint density at radius 3 is 2.71 bits per heavy atom. The summed E-state index contributed by atoms with van der Waals surface area (Å²) in [5, 5.41) is 6.33. The maximum absolute atomic E-state index is 12.8. The van der Waals surface area contributed by atoms with Crippen molar-refractivity contribution < 1.29 is 9.59 Å². The Balaban J connectivity index is 1.67. The van der Waals surface area contributed by atoms with Crippen LogP contribution in [-0.4, -0.2) is 47.4 Å². The minimum atomic E-state index is -0.630. The van der Waals surface area contributed by atoms with E-state index in [4.69, 9.17) is 5.73 Å². The Labute approximate surface area is 169 Å². The lowest BCUT2D eigenvalue weighted by atomic mass is 10.0. The molecule has 2 atom stereocenters. The normalized spacial score (nSPS) is 18.0. The number of hydrogen-bond acceptors (Lipinski definition) is 6. The van der Waals surface area contributed by atoms with Gasteiger partial charge in [0, 0.05) is 17.5 Å². The van der Waals surface area contributed by atoms with Crippen LogP contribution in [0.25, 0.3) is 0 Å². The van der Waals surface area contributed by atoms with Crippen molar-refractivity contribution in [2.45, 2.75) is 44.8 Å². The largest absolute Gasteiger partial charge is 0.375 e. The van der Waals surface area contributed by atoms with E-state index in [1.54, 1.807) is 6.20 Å². The van der Waals surface area contributed by atoms with E-state index in [0.717, 1.165) is 35.4 Å². The highest BCUT2D eigenvalue weighted by Gasteiger charge is 2.31. The zero-order chi connectivity index (χ0) is 20.1. The molecule has 4 N–H and O–H groups in total. The molecule has 0 aliphatic carbocycles. The van der Waals surface area contributed by atoms with Gasteiger partial charge in [-0.2, -0.15) is 0 Å². The minimum absolute atomic E-state index is 0.0886. The molecule has 1 aromatic heterocycles. The third-order valence-corrected chi connectivity index (χ3v) is 5.85. The van der Waals surface area contributed by atoms with Crippen LogP contribution in [0.15, 0.2) is 30.5 Å². The zero-order valence-corrected chi connectivity index (χ0v) is 17.1. The fraction of sp³-hybridized carbons (Fsp3) is 0.450. The lowest BCUT2D eigenvalue weighted by Crippen LogP contribution is -2.52. The van der Waals surface area contributed by atoms with Crippen LogP contribution in [0.1, 0.15) is 28.8 Å². The number of aromatic nitrogens is 1. The van der Waals surface area contributed by atoms with Crippen molar-refractivity contribution in [2.24, 2.45) is 0 Å². The summed E-state index contributed by atoms with van der Waals surface area (Å²) in [6.45, 7) is 3.27. The Kier molecular flexibility index (Phi) is 6.64. The third-order valence-electron chi connectivity index (χ3n) is 5.02. The predicted molar refractivity (Wildman–Crippen MR) is 111 cm³/mol. The van der Waals surface area contributed by atoms with E-state index in [2.05, 4.69) is 15.6 Å². The van der Waals surface area contributed by atoms with Crippen LogP contribution in [0.5, 0.6) is 0 Å². The molecule has 1 unspecified atom stereocenters. The Hall–Kier alpha value is -2.45. The summed E-state index contributed by atoms with van der Waals surface area (Å²) in [4.78, 5) is 32.5. The third kappa shape index (κ3) is 5.30. The van der Waals surface area contributed by atoms with Crippen molar-refractivity contribution in [1.29, 1.82) is 0 Å². The Morgan fingerprint density at radius 2 is 2.11 bits per heavy atom. The summed E-state index contributed by atoms with van der Waals surface area (Å²) >= 11 is 1.34. The first-order valence-electron chi connectivity index (χ1n) is 9.46. The number of aryl methyl sites for hydroxylation is 1. The van der Waals surface area contributed by atoms with Gasteiger partial charge in [0.15, 0.2) is 5.13 Å². The standard InChI is InChI=1S/C20H27N5O2S/c1-13-5-7-14(8-6-13)10-16(24-19(27)17-4-3-9-25(17)2)18(26)22-11-15-12-23-20(21)28-15/h5-8,12,16-17H,3-4,9-11H2,1-2H3,(H2,21,23)(H,22,26)(H,24,27)/t16-,17?/m0/s1. The molecule has 2 aromatic rings. The average molecular weight is 402 g/mol. The first-order chi connectivity index (χ1) is 13.4. The molecule has 1 aromatic carbocycles. The van der Waals surface area contributed by atoms with E-state index in [9.17, 15) is 9.59 Å². The smallest absolute Gasteiger partial charge is 0.243 e. The number of nitrogen functional groups attached to an aromatic ring is 1. The van der Waals surface area contributed by atoms with E-state index in [-0.39, 0.29) is 17.9 Å². The van der Waals surface area contributed by atoms with E-state index >= 15 is 0 Å². The van der Waals surface area contributed by atoms with Crippen molar-refractivity contribution in [3.63, 3.8) is 0 Å². The van der Waals surface area contributed by atoms with Gasteiger partial charge in [-0.05, 0) is 38.9 Å². The molecule has 0 spiro atoms. The van der Waals surface area contributed by atoms with Crippen LogP contribution in [0.2, 0.25) is 0 Å². The second kappa shape index (κ2) is 9.16. The van der Waals surface area contributed by atoms with Gasteiger partial charge < -0.3 is 16.4 Å². The van der Waals surface area contributed by atoms with E-state index in [1.807, 2.05) is 43.1 Å². The average Bonchev–Trinajstić information content (AvgIpc) is 3.29. The fourth-order valence-corrected chi connectivity index (χ4v) is 4.00. The number of nitrogens with two attached hydrogens (primary N) is 1. The van der Waals surface area contributed by atoms with Crippen molar-refractivity contribution >= 4 is 28.3 Å². The van der Waals surface area contributed by atoms with Crippen LogP contribution in [-0.2, 0) is 22.6 Å². The summed E-state index contributed by atoms with van der Waals surface area (Å²) in [5.74, 6) is -0.296. The number of hydrogen-bond donors (Lipinski definition) is 3. The van der Waals surface area contributed by atoms with Gasteiger partial charge in [-0.15, -0.1) is 11.3 Å². The summed E-state index contributed by atoms with van der Waals surface area (Å²) in [6, 6.07) is 7.21. The van der Waals surface area contributed by atoms with Gasteiger partial charge >= 0.3 is 0 Å². The number of anilines is 1. The van der Waals surface area contributed by atoms with E-state index in [0.29, 0.717) is 18.1 Å². The second-order valence-electron chi connectivity index (χ2n) is 7.27. The molecule has 1 saturated heterocycles. The SMILES string of the molecule is Cc1ccc(C[C@H](NC(=O)C2CCCN2C)C(=O)NCc2cnc(N)s2)cc1. The van der Waals surface area contributed by atoms with Gasteiger partial charge in [0.1, 0.15) is 6.04 Å². The molecule has 2 heterocycles. The van der Waals surface area contributed by atoms with Gasteiger partial charge in [0.05, 0.1) is 12.6 Å². The number of likely N-dealkylation sites (tertiary alicyclic amines) is 1. The molecule has 3 rings (SSSR count). The highest BCUT2D eigenvalue weighted by molar-refractivity contribution is 7.15. The number of benzene rings is 1. The molecule has 8 heteroatoms. The highest BCUT2D eigenvalue weighted by atomic mass is 32.1. The quantitative estimate of drug-likeness (QED) is 0.652. The van der Waals surface area contributed by atoms with Crippen LogP contribution in [0, 0.1) is 6.92 Å². The molecule has 28 heavy (non-hydrogen) atoms. The van der Waals surface area contributed by atoms with Crippen LogP contribution in [0.3, 0.4) is 0 Å².